The van der Waals surface area contributed by atoms with Crippen molar-refractivity contribution in [3.8, 4) is 0 Å². The van der Waals surface area contributed by atoms with E-state index in [1.165, 1.54) is 0 Å². The Morgan fingerprint density at radius 2 is 2.12 bits per heavy atom. The van der Waals surface area contributed by atoms with Crippen molar-refractivity contribution in [3.05, 3.63) is 0 Å². The molecule has 0 saturated carbocycles. The highest BCUT2D eigenvalue weighted by Gasteiger charge is 2.11. The fourth-order valence-electron chi connectivity index (χ4n) is 0.432. The molecule has 0 amide bonds. The lowest BCUT2D eigenvalue weighted by Crippen LogP contribution is -2.20. The molecule has 0 unspecified atom stereocenters. The van der Waals surface area contributed by atoms with Crippen LogP contribution in [0.3, 0.4) is 0 Å². The van der Waals surface area contributed by atoms with E-state index in [9.17, 15) is 0 Å². The van der Waals surface area contributed by atoms with Gasteiger partial charge in [-0.25, -0.2) is 0 Å². The number of hydrogen-bond acceptors (Lipinski definition) is 2. The summed E-state index contributed by atoms with van der Waals surface area (Å²) < 4.78 is 0. The minimum Gasteiger partial charge on any atom is -0.330 e. The van der Waals surface area contributed by atoms with Gasteiger partial charge < -0.3 is 5.73 Å². The minimum absolute atomic E-state index is 0.0191. The lowest BCUT2D eigenvalue weighted by Gasteiger charge is -2.16. The highest BCUT2D eigenvalue weighted by Crippen LogP contribution is 2.10. The average Bonchev–Trinajstić information content (AvgIpc) is 1.67. The van der Waals surface area contributed by atoms with Gasteiger partial charge in [0.2, 0.25) is 0 Å². The van der Waals surface area contributed by atoms with Crippen LogP contribution in [-0.4, -0.2) is 18.8 Å². The molecule has 0 heterocycles. The van der Waals surface area contributed by atoms with Crippen LogP contribution in [0.2, 0.25) is 0 Å². The average molecular weight is 114 g/mol. The molecular weight excluding hydrogens is 100 g/mol. The first-order chi connectivity index (χ1) is 3.62. The SMILES string of the molecule is C=NC(C)(C)CCN. The summed E-state index contributed by atoms with van der Waals surface area (Å²) in [7, 11) is 0. The summed E-state index contributed by atoms with van der Waals surface area (Å²) in [5.41, 5.74) is 5.28. The molecule has 0 fully saturated rings. The van der Waals surface area contributed by atoms with E-state index in [0.29, 0.717) is 6.54 Å². The van der Waals surface area contributed by atoms with Crippen molar-refractivity contribution in [2.75, 3.05) is 6.54 Å². The Bertz CT molecular complexity index is 76.6. The molecule has 0 aromatic carbocycles. The maximum atomic E-state index is 5.30. The molecule has 0 saturated heterocycles. The van der Waals surface area contributed by atoms with E-state index in [2.05, 4.69) is 11.7 Å². The van der Waals surface area contributed by atoms with Crippen LogP contribution in [-0.2, 0) is 0 Å². The third-order valence-electron chi connectivity index (χ3n) is 1.18. The summed E-state index contributed by atoms with van der Waals surface area (Å²) in [4.78, 5) is 3.88. The summed E-state index contributed by atoms with van der Waals surface area (Å²) in [5.74, 6) is 0. The Kier molecular flexibility index (Phi) is 2.69. The molecule has 8 heavy (non-hydrogen) atoms. The predicted octanol–water partition coefficient (Wildman–Crippen LogP) is 0.814. The van der Waals surface area contributed by atoms with Gasteiger partial charge in [0.1, 0.15) is 0 Å². The van der Waals surface area contributed by atoms with Crippen molar-refractivity contribution in [1.29, 1.82) is 0 Å². The summed E-state index contributed by atoms with van der Waals surface area (Å²) in [5, 5.41) is 0. The monoisotopic (exact) mass is 114 g/mol. The van der Waals surface area contributed by atoms with Gasteiger partial charge in [-0.3, -0.25) is 4.99 Å². The van der Waals surface area contributed by atoms with E-state index in [4.69, 9.17) is 5.73 Å². The normalized spacial score (nSPS) is 11.4. The second-order valence-electron chi connectivity index (χ2n) is 2.51. The quantitative estimate of drug-likeness (QED) is 0.542. The predicted molar refractivity (Wildman–Crippen MR) is 37.3 cm³/mol. The Balaban J connectivity index is 3.53. The van der Waals surface area contributed by atoms with Gasteiger partial charge in [0.05, 0.1) is 5.54 Å². The van der Waals surface area contributed by atoms with Crippen molar-refractivity contribution in [2.24, 2.45) is 10.7 Å². The van der Waals surface area contributed by atoms with Crippen LogP contribution in [0.25, 0.3) is 0 Å². The summed E-state index contributed by atoms with van der Waals surface area (Å²) in [6.07, 6.45) is 0.913. The molecule has 2 nitrogen and oxygen atoms in total. The number of nitrogens with zero attached hydrogens (tertiary/aromatic N) is 1. The number of hydrogen-bond donors (Lipinski definition) is 1. The zero-order valence-corrected chi connectivity index (χ0v) is 5.65. The maximum absolute atomic E-state index is 5.30. The molecule has 2 N–H and O–H groups in total. The Labute approximate surface area is 50.8 Å². The van der Waals surface area contributed by atoms with Crippen LogP contribution in [0, 0.1) is 0 Å². The van der Waals surface area contributed by atoms with E-state index in [0.717, 1.165) is 6.42 Å². The first kappa shape index (κ1) is 7.63. The van der Waals surface area contributed by atoms with Crippen LogP contribution in [0.15, 0.2) is 4.99 Å². The van der Waals surface area contributed by atoms with Crippen LogP contribution < -0.4 is 5.73 Å². The van der Waals surface area contributed by atoms with Gasteiger partial charge in [0.15, 0.2) is 0 Å². The Morgan fingerprint density at radius 3 is 2.25 bits per heavy atom. The molecular formula is C6H14N2. The molecule has 0 bridgehead atoms. The lowest BCUT2D eigenvalue weighted by atomic mass is 10.0. The topological polar surface area (TPSA) is 38.4 Å². The van der Waals surface area contributed by atoms with Crippen molar-refractivity contribution < 1.29 is 0 Å². The molecule has 0 spiro atoms. The molecule has 0 aromatic rings. The van der Waals surface area contributed by atoms with Gasteiger partial charge in [0.25, 0.3) is 0 Å². The van der Waals surface area contributed by atoms with Gasteiger partial charge in [-0.1, -0.05) is 0 Å². The van der Waals surface area contributed by atoms with Crippen molar-refractivity contribution in [2.45, 2.75) is 25.8 Å². The van der Waals surface area contributed by atoms with Gasteiger partial charge in [0, 0.05) is 0 Å². The van der Waals surface area contributed by atoms with Crippen molar-refractivity contribution in [1.82, 2.24) is 0 Å². The molecule has 0 radical (unpaired) electrons. The third kappa shape index (κ3) is 2.75. The van der Waals surface area contributed by atoms with E-state index in [1.54, 1.807) is 0 Å². The van der Waals surface area contributed by atoms with E-state index in [-0.39, 0.29) is 5.54 Å². The van der Waals surface area contributed by atoms with Gasteiger partial charge in [-0.05, 0) is 33.5 Å². The molecule has 2 heteroatoms. The van der Waals surface area contributed by atoms with Crippen LogP contribution in [0.5, 0.6) is 0 Å². The van der Waals surface area contributed by atoms with Gasteiger partial charge in [-0.2, -0.15) is 0 Å². The fourth-order valence-corrected chi connectivity index (χ4v) is 0.432. The fraction of sp³-hybridized carbons (Fsp3) is 0.833. The minimum atomic E-state index is -0.0191. The van der Waals surface area contributed by atoms with Crippen molar-refractivity contribution >= 4 is 6.72 Å². The zero-order chi connectivity index (χ0) is 6.62. The van der Waals surface area contributed by atoms with Gasteiger partial charge >= 0.3 is 0 Å². The highest BCUT2D eigenvalue weighted by molar-refractivity contribution is 5.25. The first-order valence-corrected chi connectivity index (χ1v) is 2.80. The highest BCUT2D eigenvalue weighted by atomic mass is 14.8. The van der Waals surface area contributed by atoms with E-state index < -0.39 is 0 Å². The molecule has 0 aliphatic rings. The van der Waals surface area contributed by atoms with Crippen molar-refractivity contribution in [3.63, 3.8) is 0 Å². The lowest BCUT2D eigenvalue weighted by molar-refractivity contribution is 0.491. The van der Waals surface area contributed by atoms with Crippen LogP contribution in [0.4, 0.5) is 0 Å². The Hall–Kier alpha value is -0.370. The zero-order valence-electron chi connectivity index (χ0n) is 5.65. The summed E-state index contributed by atoms with van der Waals surface area (Å²) in [6.45, 7) is 8.17. The largest absolute Gasteiger partial charge is 0.330 e. The molecule has 48 valence electrons. The number of rotatable bonds is 3. The molecule has 0 aliphatic heterocycles. The van der Waals surface area contributed by atoms with E-state index in [1.807, 2.05) is 13.8 Å². The van der Waals surface area contributed by atoms with E-state index >= 15 is 0 Å². The standard InChI is InChI=1S/C6H14N2/c1-6(2,8-3)4-5-7/h3-5,7H2,1-2H3. The second kappa shape index (κ2) is 2.82. The Morgan fingerprint density at radius 1 is 1.62 bits per heavy atom. The molecule has 0 aliphatic carbocycles. The molecule has 0 rings (SSSR count). The number of nitrogens with two attached hydrogens (primary N) is 1. The van der Waals surface area contributed by atoms with Crippen LogP contribution >= 0.6 is 0 Å². The smallest absolute Gasteiger partial charge is 0.0556 e. The van der Waals surface area contributed by atoms with Gasteiger partial charge in [-0.15, -0.1) is 0 Å². The number of aliphatic imine (C=N–C) groups is 1. The molecule has 0 atom stereocenters. The van der Waals surface area contributed by atoms with Crippen LogP contribution in [0.1, 0.15) is 20.3 Å². The molecule has 0 aromatic heterocycles. The summed E-state index contributed by atoms with van der Waals surface area (Å²) in [6, 6.07) is 0. The first-order valence-electron chi connectivity index (χ1n) is 2.80. The third-order valence-corrected chi connectivity index (χ3v) is 1.18. The maximum Gasteiger partial charge on any atom is 0.0556 e. The summed E-state index contributed by atoms with van der Waals surface area (Å²) >= 11 is 0. The second-order valence-corrected chi connectivity index (χ2v) is 2.51.